The van der Waals surface area contributed by atoms with Crippen molar-refractivity contribution in [2.45, 2.75) is 19.4 Å². The standard InChI is InChI=1S/C23H18N8O/c1-14-6-5-9-17-19(14)23(32)30(15-7-3-2-4-8-15)22(29-17)18-10-11-28-31(18)21-16(12-24)20(25)26-13-27-21/h2-9,11,13,18H,10H2,1H3,(H2,25,26,27). The summed E-state index contributed by atoms with van der Waals surface area (Å²) < 4.78 is 1.61. The number of nitriles is 1. The molecule has 1 aliphatic heterocycles. The highest BCUT2D eigenvalue weighted by atomic mass is 16.1. The van der Waals surface area contributed by atoms with Crippen molar-refractivity contribution in [3.05, 3.63) is 82.2 Å². The molecule has 1 aliphatic rings. The summed E-state index contributed by atoms with van der Waals surface area (Å²) in [5.74, 6) is 0.843. The van der Waals surface area contributed by atoms with Crippen molar-refractivity contribution in [3.63, 3.8) is 0 Å². The minimum atomic E-state index is -0.464. The molecule has 2 aromatic carbocycles. The number of aromatic nitrogens is 4. The summed E-state index contributed by atoms with van der Waals surface area (Å²) >= 11 is 0. The molecule has 9 heteroatoms. The molecule has 0 radical (unpaired) electrons. The number of para-hydroxylation sites is 1. The number of hydrazone groups is 1. The van der Waals surface area contributed by atoms with Crippen molar-refractivity contribution < 1.29 is 0 Å². The van der Waals surface area contributed by atoms with E-state index >= 15 is 0 Å². The van der Waals surface area contributed by atoms with E-state index in [0.29, 0.717) is 28.8 Å². The summed E-state index contributed by atoms with van der Waals surface area (Å²) in [6.07, 6.45) is 3.48. The Morgan fingerprint density at radius 3 is 2.72 bits per heavy atom. The van der Waals surface area contributed by atoms with Crippen LogP contribution in [0.2, 0.25) is 0 Å². The highest BCUT2D eigenvalue weighted by molar-refractivity contribution is 5.82. The van der Waals surface area contributed by atoms with E-state index in [2.05, 4.69) is 21.1 Å². The third-order valence-electron chi connectivity index (χ3n) is 5.46. The number of benzene rings is 2. The van der Waals surface area contributed by atoms with E-state index in [9.17, 15) is 10.1 Å². The zero-order chi connectivity index (χ0) is 22.2. The first-order valence-electron chi connectivity index (χ1n) is 10.00. The van der Waals surface area contributed by atoms with Crippen molar-refractivity contribution in [1.29, 1.82) is 5.26 Å². The van der Waals surface area contributed by atoms with Crippen LogP contribution in [0.4, 0.5) is 11.6 Å². The minimum Gasteiger partial charge on any atom is -0.382 e. The van der Waals surface area contributed by atoms with Crippen molar-refractivity contribution in [2.75, 3.05) is 10.7 Å². The molecule has 156 valence electrons. The molecule has 0 fully saturated rings. The first-order chi connectivity index (χ1) is 15.6. The number of rotatable bonds is 3. The fourth-order valence-corrected chi connectivity index (χ4v) is 3.97. The van der Waals surface area contributed by atoms with E-state index in [4.69, 9.17) is 10.7 Å². The third-order valence-corrected chi connectivity index (χ3v) is 5.46. The van der Waals surface area contributed by atoms with Gasteiger partial charge in [0.05, 0.1) is 16.6 Å². The van der Waals surface area contributed by atoms with Crippen LogP contribution >= 0.6 is 0 Å². The second-order valence-electron chi connectivity index (χ2n) is 7.38. The zero-order valence-electron chi connectivity index (χ0n) is 17.2. The molecule has 0 spiro atoms. The molecule has 9 nitrogen and oxygen atoms in total. The molecule has 0 saturated carbocycles. The monoisotopic (exact) mass is 422 g/mol. The maximum absolute atomic E-state index is 13.7. The smallest absolute Gasteiger partial charge is 0.266 e. The van der Waals surface area contributed by atoms with Crippen LogP contribution < -0.4 is 16.3 Å². The fraction of sp³-hybridized carbons (Fsp3) is 0.130. The maximum atomic E-state index is 13.7. The van der Waals surface area contributed by atoms with Gasteiger partial charge in [0.25, 0.3) is 5.56 Å². The van der Waals surface area contributed by atoms with Gasteiger partial charge in [-0.15, -0.1) is 0 Å². The Morgan fingerprint density at radius 1 is 1.12 bits per heavy atom. The van der Waals surface area contributed by atoms with Crippen molar-refractivity contribution in [2.24, 2.45) is 5.10 Å². The Kier molecular flexibility index (Phi) is 4.60. The van der Waals surface area contributed by atoms with E-state index in [1.54, 1.807) is 15.8 Å². The van der Waals surface area contributed by atoms with Gasteiger partial charge >= 0.3 is 0 Å². The molecule has 0 amide bonds. The predicted molar refractivity (Wildman–Crippen MR) is 122 cm³/mol. The molecule has 0 saturated heterocycles. The van der Waals surface area contributed by atoms with Gasteiger partial charge in [-0.05, 0) is 30.7 Å². The summed E-state index contributed by atoms with van der Waals surface area (Å²) in [5, 5.41) is 16.2. The number of nitrogens with two attached hydrogens (primary N) is 1. The molecule has 1 unspecified atom stereocenters. The Hall–Kier alpha value is -4.58. The quantitative estimate of drug-likeness (QED) is 0.538. The van der Waals surface area contributed by atoms with E-state index < -0.39 is 6.04 Å². The van der Waals surface area contributed by atoms with Crippen LogP contribution in [0, 0.1) is 18.3 Å². The van der Waals surface area contributed by atoms with E-state index in [0.717, 1.165) is 5.56 Å². The topological polar surface area (TPSA) is 126 Å². The summed E-state index contributed by atoms with van der Waals surface area (Å²) in [5.41, 5.74) is 8.01. The largest absolute Gasteiger partial charge is 0.382 e. The number of nitrogen functional groups attached to an aromatic ring is 1. The van der Waals surface area contributed by atoms with Crippen LogP contribution in [0.15, 0.2) is 64.8 Å². The lowest BCUT2D eigenvalue weighted by molar-refractivity contribution is 0.626. The molecule has 5 rings (SSSR count). The molecule has 1 atom stereocenters. The average molecular weight is 422 g/mol. The molecule has 32 heavy (non-hydrogen) atoms. The van der Waals surface area contributed by atoms with Crippen molar-refractivity contribution in [1.82, 2.24) is 19.5 Å². The number of fused-ring (bicyclic) bond motifs is 1. The van der Waals surface area contributed by atoms with Gasteiger partial charge in [0.15, 0.2) is 5.82 Å². The van der Waals surface area contributed by atoms with Gasteiger partial charge in [-0.3, -0.25) is 9.36 Å². The van der Waals surface area contributed by atoms with Crippen LogP contribution in [-0.4, -0.2) is 25.7 Å². The van der Waals surface area contributed by atoms with Crippen LogP contribution in [0.25, 0.3) is 16.6 Å². The summed E-state index contributed by atoms with van der Waals surface area (Å²) in [4.78, 5) is 26.8. The van der Waals surface area contributed by atoms with Crippen LogP contribution in [0.1, 0.15) is 29.4 Å². The van der Waals surface area contributed by atoms with Gasteiger partial charge in [0, 0.05) is 12.6 Å². The molecule has 2 N–H and O–H groups in total. The highest BCUT2D eigenvalue weighted by Crippen LogP contribution is 2.35. The molecular formula is C23H18N8O. The van der Waals surface area contributed by atoms with Gasteiger partial charge in [-0.2, -0.15) is 10.4 Å². The normalized spacial score (nSPS) is 15.2. The van der Waals surface area contributed by atoms with Gasteiger partial charge in [0.2, 0.25) is 0 Å². The molecule has 0 bridgehead atoms. The summed E-state index contributed by atoms with van der Waals surface area (Å²) in [6.45, 7) is 1.90. The number of hydrogen-bond donors (Lipinski definition) is 1. The first-order valence-corrected chi connectivity index (χ1v) is 10.00. The lowest BCUT2D eigenvalue weighted by atomic mass is 10.1. The molecule has 2 aromatic heterocycles. The second-order valence-corrected chi connectivity index (χ2v) is 7.38. The average Bonchev–Trinajstić information content (AvgIpc) is 3.29. The highest BCUT2D eigenvalue weighted by Gasteiger charge is 2.32. The summed E-state index contributed by atoms with van der Waals surface area (Å²) in [6, 6.07) is 16.5. The van der Waals surface area contributed by atoms with Crippen molar-refractivity contribution >= 4 is 28.8 Å². The van der Waals surface area contributed by atoms with Gasteiger partial charge in [0.1, 0.15) is 35.6 Å². The lowest BCUT2D eigenvalue weighted by Crippen LogP contribution is -2.31. The lowest BCUT2D eigenvalue weighted by Gasteiger charge is -2.26. The SMILES string of the molecule is Cc1cccc2nc(C3CC=NN3c3ncnc(N)c3C#N)n(-c3ccccc3)c(=O)c12. The third kappa shape index (κ3) is 2.97. The number of hydrogen-bond acceptors (Lipinski definition) is 8. The Labute approximate surface area is 183 Å². The molecule has 0 aliphatic carbocycles. The number of aryl methyl sites for hydroxylation is 1. The first kappa shape index (κ1) is 19.4. The predicted octanol–water partition coefficient (Wildman–Crippen LogP) is 2.88. The number of anilines is 2. The van der Waals surface area contributed by atoms with E-state index in [-0.39, 0.29) is 22.8 Å². The van der Waals surface area contributed by atoms with Gasteiger partial charge < -0.3 is 5.73 Å². The van der Waals surface area contributed by atoms with Crippen LogP contribution in [0.3, 0.4) is 0 Å². The second kappa shape index (κ2) is 7.59. The Bertz CT molecular complexity index is 1470. The Morgan fingerprint density at radius 2 is 1.94 bits per heavy atom. The molecule has 4 aromatic rings. The zero-order valence-corrected chi connectivity index (χ0v) is 17.2. The number of nitrogens with zero attached hydrogens (tertiary/aromatic N) is 7. The van der Waals surface area contributed by atoms with Crippen LogP contribution in [0.5, 0.6) is 0 Å². The van der Waals surface area contributed by atoms with Crippen LogP contribution in [-0.2, 0) is 0 Å². The maximum Gasteiger partial charge on any atom is 0.266 e. The Balaban J connectivity index is 1.78. The molecular weight excluding hydrogens is 404 g/mol. The van der Waals surface area contributed by atoms with Gasteiger partial charge in [-0.25, -0.2) is 20.0 Å². The summed E-state index contributed by atoms with van der Waals surface area (Å²) in [7, 11) is 0. The van der Waals surface area contributed by atoms with E-state index in [1.807, 2.05) is 55.5 Å². The minimum absolute atomic E-state index is 0.0703. The van der Waals surface area contributed by atoms with Crippen molar-refractivity contribution in [3.8, 4) is 11.8 Å². The van der Waals surface area contributed by atoms with E-state index in [1.165, 1.54) is 6.33 Å². The molecule has 3 heterocycles. The fourth-order valence-electron chi connectivity index (χ4n) is 3.97. The van der Waals surface area contributed by atoms with Gasteiger partial charge in [-0.1, -0.05) is 30.3 Å².